The van der Waals surface area contributed by atoms with E-state index >= 15 is 0 Å². The molecular weight excluding hydrogens is 308 g/mol. The number of carboxylic acid groups (broad SMARTS) is 1. The normalized spacial score (nSPS) is 11.0. The predicted octanol–water partition coefficient (Wildman–Crippen LogP) is 3.46. The van der Waals surface area contributed by atoms with Crippen molar-refractivity contribution in [1.29, 1.82) is 0 Å². The average molecular weight is 326 g/mol. The van der Waals surface area contributed by atoms with Crippen molar-refractivity contribution >= 4 is 33.8 Å². The molecule has 0 spiro atoms. The lowest BCUT2D eigenvalue weighted by Gasteiger charge is -2.25. The molecule has 7 heteroatoms. The first-order valence-corrected chi connectivity index (χ1v) is 8.23. The number of rotatable bonds is 7. The Bertz CT molecular complexity index is 593. The fourth-order valence-electron chi connectivity index (χ4n) is 1.91. The van der Waals surface area contributed by atoms with Gasteiger partial charge in [-0.1, -0.05) is 17.4 Å². The predicted molar refractivity (Wildman–Crippen MR) is 85.4 cm³/mol. The minimum absolute atomic E-state index is 0.211. The molecule has 0 saturated carbocycles. The maximum Gasteiger partial charge on any atom is 0.347 e. The van der Waals surface area contributed by atoms with E-state index in [1.165, 1.54) is 23.3 Å². The summed E-state index contributed by atoms with van der Waals surface area (Å²) in [6.45, 7) is 5.09. The van der Waals surface area contributed by atoms with Crippen LogP contribution in [0.15, 0.2) is 17.5 Å². The van der Waals surface area contributed by atoms with E-state index in [0.29, 0.717) is 5.69 Å². The van der Waals surface area contributed by atoms with E-state index in [1.54, 1.807) is 11.3 Å². The Morgan fingerprint density at radius 1 is 1.52 bits per heavy atom. The Morgan fingerprint density at radius 3 is 2.81 bits per heavy atom. The number of hydrogen-bond donors (Lipinski definition) is 1. The van der Waals surface area contributed by atoms with Gasteiger partial charge in [0.05, 0.1) is 18.8 Å². The van der Waals surface area contributed by atoms with E-state index in [0.717, 1.165) is 11.7 Å². The van der Waals surface area contributed by atoms with Gasteiger partial charge >= 0.3 is 5.97 Å². The van der Waals surface area contributed by atoms with Gasteiger partial charge in [-0.3, -0.25) is 0 Å². The molecule has 0 saturated heterocycles. The van der Waals surface area contributed by atoms with Crippen molar-refractivity contribution in [2.45, 2.75) is 33.0 Å². The lowest BCUT2D eigenvalue weighted by atomic mass is 10.3. The van der Waals surface area contributed by atoms with Crippen molar-refractivity contribution in [3.63, 3.8) is 0 Å². The third-order valence-corrected chi connectivity index (χ3v) is 4.92. The van der Waals surface area contributed by atoms with E-state index in [-0.39, 0.29) is 17.5 Å². The highest BCUT2D eigenvalue weighted by Gasteiger charge is 2.22. The molecule has 2 aromatic rings. The summed E-state index contributed by atoms with van der Waals surface area (Å²) in [4.78, 5) is 19.4. The molecule has 0 aliphatic carbocycles. The topological polar surface area (TPSA) is 62.7 Å². The van der Waals surface area contributed by atoms with Crippen molar-refractivity contribution in [3.8, 4) is 0 Å². The quantitative estimate of drug-likeness (QED) is 0.844. The van der Waals surface area contributed by atoms with Gasteiger partial charge in [0.2, 0.25) is 0 Å². The summed E-state index contributed by atoms with van der Waals surface area (Å²) in [7, 11) is 1.54. The van der Waals surface area contributed by atoms with Gasteiger partial charge in [-0.25, -0.2) is 9.78 Å². The van der Waals surface area contributed by atoms with Gasteiger partial charge < -0.3 is 14.7 Å². The van der Waals surface area contributed by atoms with Crippen LogP contribution in [0.2, 0.25) is 0 Å². The van der Waals surface area contributed by atoms with Gasteiger partial charge in [0, 0.05) is 18.0 Å². The molecule has 0 amide bonds. The second kappa shape index (κ2) is 7.02. The number of aromatic nitrogens is 1. The maximum absolute atomic E-state index is 11.3. The van der Waals surface area contributed by atoms with Crippen molar-refractivity contribution < 1.29 is 14.6 Å². The van der Waals surface area contributed by atoms with Crippen LogP contribution in [0.5, 0.6) is 0 Å². The second-order valence-corrected chi connectivity index (χ2v) is 6.82. The molecule has 2 heterocycles. The summed E-state index contributed by atoms with van der Waals surface area (Å²) in [6, 6.07) is 4.32. The fraction of sp³-hybridized carbons (Fsp3) is 0.429. The summed E-state index contributed by atoms with van der Waals surface area (Å²) in [5.74, 6) is -0.953. The number of aromatic carboxylic acids is 1. The van der Waals surface area contributed by atoms with Gasteiger partial charge in [-0.2, -0.15) is 0 Å². The number of nitrogens with zero attached hydrogens (tertiary/aromatic N) is 2. The molecular formula is C14H18N2O3S2. The molecule has 0 aliphatic rings. The van der Waals surface area contributed by atoms with Crippen LogP contribution < -0.4 is 4.90 Å². The van der Waals surface area contributed by atoms with Crippen LogP contribution in [0.3, 0.4) is 0 Å². The second-order valence-electron chi connectivity index (χ2n) is 4.81. The largest absolute Gasteiger partial charge is 0.477 e. The standard InChI is InChI=1S/C14H18N2O3S2/c1-9(2)16(7-10-5-4-6-20-10)14-15-11(8-19-3)12(21-14)13(17)18/h4-6,9H,7-8H2,1-3H3,(H,17,18). The number of carboxylic acids is 1. The molecule has 0 aliphatic heterocycles. The number of anilines is 1. The molecule has 0 bridgehead atoms. The lowest BCUT2D eigenvalue weighted by Crippen LogP contribution is -2.29. The van der Waals surface area contributed by atoms with Crippen molar-refractivity contribution in [1.82, 2.24) is 4.98 Å². The van der Waals surface area contributed by atoms with E-state index in [1.807, 2.05) is 11.4 Å². The highest BCUT2D eigenvalue weighted by atomic mass is 32.1. The smallest absolute Gasteiger partial charge is 0.347 e. The summed E-state index contributed by atoms with van der Waals surface area (Å²) >= 11 is 2.89. The number of thiazole rings is 1. The number of methoxy groups -OCH3 is 1. The molecule has 0 radical (unpaired) electrons. The van der Waals surface area contributed by atoms with Crippen LogP contribution in [-0.2, 0) is 17.9 Å². The van der Waals surface area contributed by atoms with Crippen LogP contribution in [0.25, 0.3) is 0 Å². The summed E-state index contributed by atoms with van der Waals surface area (Å²) < 4.78 is 5.04. The van der Waals surface area contributed by atoms with Crippen LogP contribution in [-0.4, -0.2) is 29.2 Å². The van der Waals surface area contributed by atoms with Crippen LogP contribution in [0.4, 0.5) is 5.13 Å². The number of thiophene rings is 1. The van der Waals surface area contributed by atoms with E-state index in [2.05, 4.69) is 29.8 Å². The molecule has 2 rings (SSSR count). The van der Waals surface area contributed by atoms with Crippen LogP contribution in [0, 0.1) is 0 Å². The monoisotopic (exact) mass is 326 g/mol. The van der Waals surface area contributed by atoms with E-state index in [4.69, 9.17) is 4.74 Å². The SMILES string of the molecule is COCc1nc(N(Cc2cccs2)C(C)C)sc1C(=O)O. The highest BCUT2D eigenvalue weighted by molar-refractivity contribution is 7.17. The Hall–Kier alpha value is -1.44. The molecule has 21 heavy (non-hydrogen) atoms. The maximum atomic E-state index is 11.3. The summed E-state index contributed by atoms with van der Waals surface area (Å²) in [5.41, 5.74) is 0.488. The van der Waals surface area contributed by atoms with Gasteiger partial charge in [0.25, 0.3) is 0 Å². The minimum atomic E-state index is -0.953. The number of carbonyl (C=O) groups is 1. The van der Waals surface area contributed by atoms with E-state index in [9.17, 15) is 9.90 Å². The van der Waals surface area contributed by atoms with Crippen LogP contribution >= 0.6 is 22.7 Å². The molecule has 2 aromatic heterocycles. The van der Waals surface area contributed by atoms with Gasteiger partial charge in [0.1, 0.15) is 4.88 Å². The third-order valence-electron chi connectivity index (χ3n) is 2.94. The molecule has 0 unspecified atom stereocenters. The third kappa shape index (κ3) is 3.81. The van der Waals surface area contributed by atoms with Gasteiger partial charge in [-0.05, 0) is 25.3 Å². The zero-order chi connectivity index (χ0) is 15.4. The lowest BCUT2D eigenvalue weighted by molar-refractivity contribution is 0.0697. The van der Waals surface area contributed by atoms with Crippen LogP contribution in [0.1, 0.15) is 34.1 Å². The zero-order valence-corrected chi connectivity index (χ0v) is 13.8. The highest BCUT2D eigenvalue weighted by Crippen LogP contribution is 2.30. The molecule has 114 valence electrons. The Labute approximate surface area is 131 Å². The Balaban J connectivity index is 2.31. The molecule has 0 atom stereocenters. The van der Waals surface area contributed by atoms with Crippen molar-refractivity contribution in [3.05, 3.63) is 33.0 Å². The zero-order valence-electron chi connectivity index (χ0n) is 12.2. The fourth-order valence-corrected chi connectivity index (χ4v) is 3.65. The van der Waals surface area contributed by atoms with Gasteiger partial charge in [0.15, 0.2) is 5.13 Å². The van der Waals surface area contributed by atoms with Crippen molar-refractivity contribution in [2.24, 2.45) is 0 Å². The first-order chi connectivity index (χ1) is 10.0. The van der Waals surface area contributed by atoms with Gasteiger partial charge in [-0.15, -0.1) is 11.3 Å². The molecule has 1 N–H and O–H groups in total. The summed E-state index contributed by atoms with van der Waals surface area (Å²) in [5, 5.41) is 12.0. The first-order valence-electron chi connectivity index (χ1n) is 6.54. The molecule has 0 fully saturated rings. The number of hydrogen-bond acceptors (Lipinski definition) is 6. The Kier molecular flexibility index (Phi) is 5.33. The average Bonchev–Trinajstić information content (AvgIpc) is 3.05. The Morgan fingerprint density at radius 2 is 2.29 bits per heavy atom. The first kappa shape index (κ1) is 15.9. The summed E-state index contributed by atoms with van der Waals surface area (Å²) in [6.07, 6.45) is 0. The minimum Gasteiger partial charge on any atom is -0.477 e. The molecule has 5 nitrogen and oxygen atoms in total. The van der Waals surface area contributed by atoms with E-state index < -0.39 is 5.97 Å². The van der Waals surface area contributed by atoms with Crippen molar-refractivity contribution in [2.75, 3.05) is 12.0 Å². The molecule has 0 aromatic carbocycles. The number of ether oxygens (including phenoxy) is 1.